The van der Waals surface area contributed by atoms with Crippen LogP contribution in [0, 0.1) is 6.92 Å². The van der Waals surface area contributed by atoms with Crippen molar-refractivity contribution in [2.75, 3.05) is 26.2 Å². The highest BCUT2D eigenvalue weighted by Crippen LogP contribution is 2.29. The number of hydrogen-bond acceptors (Lipinski definition) is 5. The van der Waals surface area contributed by atoms with Crippen LogP contribution in [-0.4, -0.2) is 37.0 Å². The fourth-order valence-corrected chi connectivity index (χ4v) is 3.89. The predicted octanol–water partition coefficient (Wildman–Crippen LogP) is 4.30. The molecule has 1 N–H and O–H groups in total. The number of furan rings is 2. The van der Waals surface area contributed by atoms with E-state index >= 15 is 0 Å². The molecule has 3 aromatic rings. The van der Waals surface area contributed by atoms with Gasteiger partial charge < -0.3 is 18.9 Å². The molecule has 6 heteroatoms. The SMILES string of the molecule is CCOc1ccc2oc(C(=O)NCC(c3ccco3)N3CCCC3)c(C)c2c1. The Morgan fingerprint density at radius 1 is 1.29 bits per heavy atom. The van der Waals surface area contributed by atoms with Crippen LogP contribution in [-0.2, 0) is 0 Å². The molecular formula is C22H26N2O4. The van der Waals surface area contributed by atoms with Gasteiger partial charge in [-0.25, -0.2) is 0 Å². The highest BCUT2D eigenvalue weighted by molar-refractivity contribution is 5.99. The van der Waals surface area contributed by atoms with Gasteiger partial charge >= 0.3 is 0 Å². The van der Waals surface area contributed by atoms with Gasteiger partial charge in [0.2, 0.25) is 0 Å². The smallest absolute Gasteiger partial charge is 0.287 e. The summed E-state index contributed by atoms with van der Waals surface area (Å²) in [7, 11) is 0. The number of aryl methyl sites for hydroxylation is 1. The molecule has 1 saturated heterocycles. The van der Waals surface area contributed by atoms with Gasteiger partial charge in [0.05, 0.1) is 18.9 Å². The Morgan fingerprint density at radius 3 is 2.82 bits per heavy atom. The van der Waals surface area contributed by atoms with Crippen molar-refractivity contribution in [1.82, 2.24) is 10.2 Å². The summed E-state index contributed by atoms with van der Waals surface area (Å²) in [6.07, 6.45) is 4.03. The Bertz CT molecular complexity index is 939. The van der Waals surface area contributed by atoms with Crippen molar-refractivity contribution in [3.8, 4) is 5.75 Å². The van der Waals surface area contributed by atoms with Crippen LogP contribution < -0.4 is 10.1 Å². The van der Waals surface area contributed by atoms with Crippen molar-refractivity contribution in [2.45, 2.75) is 32.7 Å². The summed E-state index contributed by atoms with van der Waals surface area (Å²) in [5.74, 6) is 1.80. The lowest BCUT2D eigenvalue weighted by molar-refractivity contribution is 0.0907. The molecule has 1 amide bonds. The number of likely N-dealkylation sites (tertiary alicyclic amines) is 1. The summed E-state index contributed by atoms with van der Waals surface area (Å²) >= 11 is 0. The molecular weight excluding hydrogens is 356 g/mol. The topological polar surface area (TPSA) is 67.8 Å². The van der Waals surface area contributed by atoms with Crippen molar-refractivity contribution < 1.29 is 18.4 Å². The normalized spacial score (nSPS) is 15.8. The van der Waals surface area contributed by atoms with Gasteiger partial charge in [0, 0.05) is 17.5 Å². The van der Waals surface area contributed by atoms with Crippen LogP contribution in [0.5, 0.6) is 5.75 Å². The van der Waals surface area contributed by atoms with E-state index in [1.165, 1.54) is 12.8 Å². The predicted molar refractivity (Wildman–Crippen MR) is 107 cm³/mol. The molecule has 28 heavy (non-hydrogen) atoms. The first-order valence-corrected chi connectivity index (χ1v) is 9.89. The molecule has 0 saturated carbocycles. The highest BCUT2D eigenvalue weighted by atomic mass is 16.5. The Hall–Kier alpha value is -2.73. The first kappa shape index (κ1) is 18.6. The van der Waals surface area contributed by atoms with Crippen LogP contribution in [0.4, 0.5) is 0 Å². The molecule has 0 aliphatic carbocycles. The maximum Gasteiger partial charge on any atom is 0.287 e. The number of nitrogens with one attached hydrogen (secondary N) is 1. The number of ether oxygens (including phenoxy) is 1. The highest BCUT2D eigenvalue weighted by Gasteiger charge is 2.27. The van der Waals surface area contributed by atoms with E-state index in [2.05, 4.69) is 10.2 Å². The Kier molecular flexibility index (Phi) is 5.39. The van der Waals surface area contributed by atoms with E-state index in [0.29, 0.717) is 24.5 Å². The maximum atomic E-state index is 12.8. The third-order valence-corrected chi connectivity index (χ3v) is 5.33. The van der Waals surface area contributed by atoms with Crippen LogP contribution in [0.15, 0.2) is 45.4 Å². The van der Waals surface area contributed by atoms with Gasteiger partial charge in [-0.1, -0.05) is 0 Å². The number of hydrogen-bond donors (Lipinski definition) is 1. The average Bonchev–Trinajstić information content (AvgIpc) is 3.45. The van der Waals surface area contributed by atoms with Crippen LogP contribution in [0.2, 0.25) is 0 Å². The molecule has 3 heterocycles. The van der Waals surface area contributed by atoms with E-state index in [1.54, 1.807) is 6.26 Å². The minimum atomic E-state index is -0.206. The summed E-state index contributed by atoms with van der Waals surface area (Å²) in [5.41, 5.74) is 1.51. The second kappa shape index (κ2) is 8.10. The Morgan fingerprint density at radius 2 is 2.11 bits per heavy atom. The second-order valence-electron chi connectivity index (χ2n) is 7.13. The second-order valence-corrected chi connectivity index (χ2v) is 7.13. The molecule has 1 aliphatic rings. The van der Waals surface area contributed by atoms with Crippen LogP contribution in [0.25, 0.3) is 11.0 Å². The van der Waals surface area contributed by atoms with Crippen LogP contribution in [0.1, 0.15) is 47.7 Å². The molecule has 148 valence electrons. The van der Waals surface area contributed by atoms with Crippen LogP contribution >= 0.6 is 0 Å². The standard InChI is InChI=1S/C22H26N2O4/c1-3-26-16-8-9-19-17(13-16)15(2)21(28-19)22(25)23-14-18(20-7-6-12-27-20)24-10-4-5-11-24/h6-9,12-13,18H,3-5,10-11,14H2,1-2H3,(H,23,25). The third kappa shape index (κ3) is 3.64. The monoisotopic (exact) mass is 382 g/mol. The summed E-state index contributed by atoms with van der Waals surface area (Å²) in [6, 6.07) is 9.52. The average molecular weight is 382 g/mol. The molecule has 1 unspecified atom stereocenters. The Labute approximate surface area is 164 Å². The van der Waals surface area contributed by atoms with Gasteiger partial charge in [-0.3, -0.25) is 9.69 Å². The van der Waals surface area contributed by atoms with Crippen molar-refractivity contribution in [3.63, 3.8) is 0 Å². The lowest BCUT2D eigenvalue weighted by atomic mass is 10.1. The number of carbonyl (C=O) groups is 1. The molecule has 1 atom stereocenters. The van der Waals surface area contributed by atoms with Crippen molar-refractivity contribution in [1.29, 1.82) is 0 Å². The van der Waals surface area contributed by atoms with E-state index in [0.717, 1.165) is 35.5 Å². The van der Waals surface area contributed by atoms with Gasteiger partial charge in [-0.15, -0.1) is 0 Å². The van der Waals surface area contributed by atoms with E-state index in [-0.39, 0.29) is 11.9 Å². The maximum absolute atomic E-state index is 12.8. The largest absolute Gasteiger partial charge is 0.494 e. The third-order valence-electron chi connectivity index (χ3n) is 5.33. The Balaban J connectivity index is 1.51. The van der Waals surface area contributed by atoms with Gasteiger partial charge in [0.25, 0.3) is 5.91 Å². The van der Waals surface area contributed by atoms with Crippen molar-refractivity contribution >= 4 is 16.9 Å². The summed E-state index contributed by atoms with van der Waals surface area (Å²) in [6.45, 7) is 6.96. The lowest BCUT2D eigenvalue weighted by Crippen LogP contribution is -2.36. The van der Waals surface area contributed by atoms with E-state index < -0.39 is 0 Å². The van der Waals surface area contributed by atoms with Crippen LogP contribution in [0.3, 0.4) is 0 Å². The number of amides is 1. The number of rotatable bonds is 7. The minimum absolute atomic E-state index is 0.0377. The molecule has 1 fully saturated rings. The quantitative estimate of drug-likeness (QED) is 0.660. The summed E-state index contributed by atoms with van der Waals surface area (Å²) in [4.78, 5) is 15.2. The minimum Gasteiger partial charge on any atom is -0.494 e. The zero-order valence-corrected chi connectivity index (χ0v) is 16.4. The molecule has 0 radical (unpaired) electrons. The van der Waals surface area contributed by atoms with Crippen molar-refractivity contribution in [2.24, 2.45) is 0 Å². The first-order chi connectivity index (χ1) is 13.7. The number of carbonyl (C=O) groups excluding carboxylic acids is 1. The number of fused-ring (bicyclic) bond motifs is 1. The molecule has 1 aliphatic heterocycles. The first-order valence-electron chi connectivity index (χ1n) is 9.89. The lowest BCUT2D eigenvalue weighted by Gasteiger charge is -2.25. The molecule has 0 spiro atoms. The van der Waals surface area contributed by atoms with Crippen molar-refractivity contribution in [3.05, 3.63) is 53.7 Å². The summed E-state index contributed by atoms with van der Waals surface area (Å²) < 4.78 is 17.0. The summed E-state index contributed by atoms with van der Waals surface area (Å²) in [5, 5.41) is 3.94. The molecule has 0 bridgehead atoms. The molecule has 6 nitrogen and oxygen atoms in total. The van der Waals surface area contributed by atoms with E-state index in [9.17, 15) is 4.79 Å². The van der Waals surface area contributed by atoms with E-state index in [4.69, 9.17) is 13.6 Å². The molecule has 4 rings (SSSR count). The van der Waals surface area contributed by atoms with Gasteiger partial charge in [0.15, 0.2) is 5.76 Å². The number of benzene rings is 1. The fourth-order valence-electron chi connectivity index (χ4n) is 3.89. The van der Waals surface area contributed by atoms with Gasteiger partial charge in [0.1, 0.15) is 17.1 Å². The molecule has 1 aromatic carbocycles. The molecule has 2 aromatic heterocycles. The van der Waals surface area contributed by atoms with Gasteiger partial charge in [-0.2, -0.15) is 0 Å². The van der Waals surface area contributed by atoms with E-state index in [1.807, 2.05) is 44.2 Å². The number of nitrogens with zero attached hydrogens (tertiary/aromatic N) is 1. The fraction of sp³-hybridized carbons (Fsp3) is 0.409. The zero-order chi connectivity index (χ0) is 19.5. The zero-order valence-electron chi connectivity index (χ0n) is 16.4. The van der Waals surface area contributed by atoms with Gasteiger partial charge in [-0.05, 0) is 70.1 Å².